The van der Waals surface area contributed by atoms with E-state index in [0.29, 0.717) is 5.92 Å². The van der Waals surface area contributed by atoms with E-state index >= 15 is 0 Å². The molecule has 1 aliphatic heterocycles. The summed E-state index contributed by atoms with van der Waals surface area (Å²) in [5, 5.41) is 2.81. The van der Waals surface area contributed by atoms with Crippen LogP contribution in [0.4, 0.5) is 5.69 Å². The van der Waals surface area contributed by atoms with Gasteiger partial charge >= 0.3 is 0 Å². The van der Waals surface area contributed by atoms with Gasteiger partial charge in [0, 0.05) is 37.6 Å². The number of nitrogens with one attached hydrogen (secondary N) is 1. The number of aryl methyl sites for hydroxylation is 2. The van der Waals surface area contributed by atoms with E-state index in [1.807, 2.05) is 12.3 Å². The Labute approximate surface area is 155 Å². The van der Waals surface area contributed by atoms with Crippen molar-refractivity contribution < 1.29 is 4.79 Å². The quantitative estimate of drug-likeness (QED) is 0.895. The summed E-state index contributed by atoms with van der Waals surface area (Å²) in [4.78, 5) is 22.5. The molecule has 0 saturated carbocycles. The van der Waals surface area contributed by atoms with Crippen molar-refractivity contribution >= 4 is 11.6 Å². The van der Waals surface area contributed by atoms with Crippen LogP contribution in [0.5, 0.6) is 0 Å². The molecule has 0 aromatic carbocycles. The number of nitrogens with zero attached hydrogens (tertiary/aromatic N) is 3. The number of piperidine rings is 1. The van der Waals surface area contributed by atoms with Crippen LogP contribution in [-0.2, 0) is 17.8 Å². The van der Waals surface area contributed by atoms with Gasteiger partial charge in [0.05, 0.1) is 11.9 Å². The van der Waals surface area contributed by atoms with Crippen LogP contribution in [0.2, 0.25) is 0 Å². The highest BCUT2D eigenvalue weighted by Gasteiger charge is 2.20. The van der Waals surface area contributed by atoms with Gasteiger partial charge in [-0.15, -0.1) is 0 Å². The standard InChI is InChI=1S/C21H28N4O/c1-15-7-19(8-16(2)23-15)9-18-5-4-6-25(13-18)14-20-10-21(12-22-11-20)24-17(3)26/h7-8,10-12,18H,4-6,9,13-14H2,1-3H3,(H,24,26)/t18-/m1/s1. The number of hydrogen-bond donors (Lipinski definition) is 1. The van der Waals surface area contributed by atoms with Crippen molar-refractivity contribution in [2.75, 3.05) is 18.4 Å². The van der Waals surface area contributed by atoms with Gasteiger partial charge in [-0.05, 0) is 74.9 Å². The highest BCUT2D eigenvalue weighted by molar-refractivity contribution is 5.88. The van der Waals surface area contributed by atoms with Crippen molar-refractivity contribution in [2.45, 2.75) is 46.6 Å². The van der Waals surface area contributed by atoms with Gasteiger partial charge in [-0.3, -0.25) is 19.7 Å². The number of rotatable bonds is 5. The van der Waals surface area contributed by atoms with E-state index in [4.69, 9.17) is 0 Å². The van der Waals surface area contributed by atoms with Crippen molar-refractivity contribution in [3.8, 4) is 0 Å². The molecule has 0 spiro atoms. The van der Waals surface area contributed by atoms with Crippen LogP contribution in [-0.4, -0.2) is 33.9 Å². The van der Waals surface area contributed by atoms with E-state index in [-0.39, 0.29) is 5.91 Å². The van der Waals surface area contributed by atoms with Crippen LogP contribution < -0.4 is 5.32 Å². The lowest BCUT2D eigenvalue weighted by molar-refractivity contribution is -0.114. The van der Waals surface area contributed by atoms with E-state index in [2.05, 4.69) is 46.2 Å². The Kier molecular flexibility index (Phi) is 5.99. The van der Waals surface area contributed by atoms with Gasteiger partial charge in [-0.1, -0.05) is 0 Å². The fourth-order valence-corrected chi connectivity index (χ4v) is 3.94. The molecule has 0 unspecified atom stereocenters. The maximum atomic E-state index is 11.2. The molecule has 1 N–H and O–H groups in total. The third-order valence-electron chi connectivity index (χ3n) is 4.79. The van der Waals surface area contributed by atoms with Crippen molar-refractivity contribution in [3.05, 3.63) is 53.1 Å². The highest BCUT2D eigenvalue weighted by atomic mass is 16.1. The van der Waals surface area contributed by atoms with Crippen LogP contribution in [0, 0.1) is 19.8 Å². The Hall–Kier alpha value is -2.27. The van der Waals surface area contributed by atoms with Crippen molar-refractivity contribution in [3.63, 3.8) is 0 Å². The molecule has 1 saturated heterocycles. The van der Waals surface area contributed by atoms with Gasteiger partial charge in [-0.2, -0.15) is 0 Å². The molecule has 5 heteroatoms. The molecule has 1 amide bonds. The number of carbonyl (C=O) groups excluding carboxylic acids is 1. The molecule has 2 aromatic rings. The van der Waals surface area contributed by atoms with Gasteiger partial charge in [0.15, 0.2) is 0 Å². The number of hydrogen-bond acceptors (Lipinski definition) is 4. The van der Waals surface area contributed by atoms with Crippen LogP contribution in [0.1, 0.15) is 42.3 Å². The molecular formula is C21H28N4O. The molecule has 0 aliphatic carbocycles. The second-order valence-electron chi connectivity index (χ2n) is 7.47. The van der Waals surface area contributed by atoms with E-state index in [1.54, 1.807) is 6.20 Å². The monoisotopic (exact) mass is 352 g/mol. The minimum Gasteiger partial charge on any atom is -0.325 e. The van der Waals surface area contributed by atoms with E-state index in [1.165, 1.54) is 25.3 Å². The molecule has 26 heavy (non-hydrogen) atoms. The van der Waals surface area contributed by atoms with Crippen LogP contribution in [0.15, 0.2) is 30.6 Å². The van der Waals surface area contributed by atoms with Gasteiger partial charge in [0.1, 0.15) is 0 Å². The molecule has 3 heterocycles. The van der Waals surface area contributed by atoms with E-state index in [0.717, 1.165) is 48.7 Å². The lowest BCUT2D eigenvalue weighted by Gasteiger charge is -2.33. The third-order valence-corrected chi connectivity index (χ3v) is 4.79. The number of likely N-dealkylation sites (tertiary alicyclic amines) is 1. The Bertz CT molecular complexity index is 754. The number of aromatic nitrogens is 2. The van der Waals surface area contributed by atoms with Crippen molar-refractivity contribution in [1.82, 2.24) is 14.9 Å². The molecule has 2 aromatic heterocycles. The Morgan fingerprint density at radius 1 is 1.19 bits per heavy atom. The molecule has 3 rings (SSSR count). The van der Waals surface area contributed by atoms with E-state index in [9.17, 15) is 4.79 Å². The molecule has 1 fully saturated rings. The normalized spacial score (nSPS) is 17.9. The van der Waals surface area contributed by atoms with Gasteiger partial charge in [-0.25, -0.2) is 0 Å². The zero-order chi connectivity index (χ0) is 18.5. The Balaban J connectivity index is 1.60. The predicted molar refractivity (Wildman–Crippen MR) is 104 cm³/mol. The first kappa shape index (κ1) is 18.5. The lowest BCUT2D eigenvalue weighted by Crippen LogP contribution is -2.35. The summed E-state index contributed by atoms with van der Waals surface area (Å²) in [6.45, 7) is 8.76. The minimum absolute atomic E-state index is 0.0649. The van der Waals surface area contributed by atoms with Crippen LogP contribution >= 0.6 is 0 Å². The second kappa shape index (κ2) is 8.41. The van der Waals surface area contributed by atoms with Crippen LogP contribution in [0.25, 0.3) is 0 Å². The molecule has 0 bridgehead atoms. The summed E-state index contributed by atoms with van der Waals surface area (Å²) in [7, 11) is 0. The zero-order valence-corrected chi connectivity index (χ0v) is 16.0. The summed E-state index contributed by atoms with van der Waals surface area (Å²) in [6.07, 6.45) is 7.21. The Morgan fingerprint density at radius 3 is 2.69 bits per heavy atom. The molecule has 5 nitrogen and oxygen atoms in total. The molecule has 138 valence electrons. The SMILES string of the molecule is CC(=O)Nc1cncc(CN2CCC[C@H](Cc3cc(C)nc(C)c3)C2)c1. The largest absolute Gasteiger partial charge is 0.325 e. The maximum absolute atomic E-state index is 11.2. The summed E-state index contributed by atoms with van der Waals surface area (Å²) < 4.78 is 0. The Morgan fingerprint density at radius 2 is 1.96 bits per heavy atom. The molecule has 1 atom stereocenters. The zero-order valence-electron chi connectivity index (χ0n) is 16.0. The fraction of sp³-hybridized carbons (Fsp3) is 0.476. The predicted octanol–water partition coefficient (Wildman–Crippen LogP) is 3.51. The number of pyridine rings is 2. The summed E-state index contributed by atoms with van der Waals surface area (Å²) in [6, 6.07) is 6.45. The summed E-state index contributed by atoms with van der Waals surface area (Å²) in [5.74, 6) is 0.612. The second-order valence-corrected chi connectivity index (χ2v) is 7.47. The average Bonchev–Trinajstić information content (AvgIpc) is 2.54. The lowest BCUT2D eigenvalue weighted by atomic mass is 9.91. The van der Waals surface area contributed by atoms with E-state index < -0.39 is 0 Å². The first-order valence-corrected chi connectivity index (χ1v) is 9.36. The molecule has 0 radical (unpaired) electrons. The smallest absolute Gasteiger partial charge is 0.221 e. The minimum atomic E-state index is -0.0649. The third kappa shape index (κ3) is 5.36. The topological polar surface area (TPSA) is 58.1 Å². The first-order valence-electron chi connectivity index (χ1n) is 9.36. The number of anilines is 1. The summed E-state index contributed by atoms with van der Waals surface area (Å²) in [5.41, 5.74) is 5.53. The average molecular weight is 352 g/mol. The van der Waals surface area contributed by atoms with Crippen LogP contribution in [0.3, 0.4) is 0 Å². The highest BCUT2D eigenvalue weighted by Crippen LogP contribution is 2.23. The first-order chi connectivity index (χ1) is 12.5. The number of carbonyl (C=O) groups is 1. The van der Waals surface area contributed by atoms with Gasteiger partial charge in [0.2, 0.25) is 5.91 Å². The van der Waals surface area contributed by atoms with Crippen molar-refractivity contribution in [2.24, 2.45) is 5.92 Å². The maximum Gasteiger partial charge on any atom is 0.221 e. The van der Waals surface area contributed by atoms with Gasteiger partial charge in [0.25, 0.3) is 0 Å². The number of amides is 1. The molecular weight excluding hydrogens is 324 g/mol. The molecule has 1 aliphatic rings. The summed E-state index contributed by atoms with van der Waals surface area (Å²) >= 11 is 0. The van der Waals surface area contributed by atoms with Gasteiger partial charge < -0.3 is 5.32 Å². The fourth-order valence-electron chi connectivity index (χ4n) is 3.94. The van der Waals surface area contributed by atoms with Crippen molar-refractivity contribution in [1.29, 1.82) is 0 Å².